The molecule has 0 unspecified atom stereocenters. The Morgan fingerprint density at radius 3 is 1.54 bits per heavy atom. The number of benzene rings is 2. The summed E-state index contributed by atoms with van der Waals surface area (Å²) in [5, 5.41) is 0. The topological polar surface area (TPSA) is 69.7 Å². The zero-order valence-electron chi connectivity index (χ0n) is 14.0. The van der Waals surface area contributed by atoms with Crippen molar-refractivity contribution in [1.82, 2.24) is 0 Å². The average Bonchev–Trinajstić information content (AvgIpc) is 2.66. The van der Waals surface area contributed by atoms with Crippen molar-refractivity contribution in [1.29, 1.82) is 0 Å². The monoisotopic (exact) mass is 348 g/mol. The Morgan fingerprint density at radius 2 is 1.15 bits per heavy atom. The van der Waals surface area contributed by atoms with Crippen LogP contribution in [0.3, 0.4) is 0 Å². The Labute approximate surface area is 152 Å². The molecule has 0 amide bonds. The van der Waals surface area contributed by atoms with Crippen molar-refractivity contribution in [2.45, 2.75) is 30.9 Å². The van der Waals surface area contributed by atoms with E-state index in [9.17, 15) is 14.4 Å². The van der Waals surface area contributed by atoms with Gasteiger partial charge < -0.3 is 9.47 Å². The number of esters is 2. The first kappa shape index (κ1) is 17.9. The fourth-order valence-corrected chi connectivity index (χ4v) is 2.84. The summed E-state index contributed by atoms with van der Waals surface area (Å²) in [6.45, 7) is 0. The quantitative estimate of drug-likeness (QED) is 0.628. The highest BCUT2D eigenvalue weighted by Gasteiger charge is 2.38. The minimum absolute atomic E-state index is 0.0130. The van der Waals surface area contributed by atoms with Crippen LogP contribution in [0, 0.1) is 0 Å². The van der Waals surface area contributed by atoms with Gasteiger partial charge in [0.2, 0.25) is 0 Å². The Morgan fingerprint density at radius 1 is 0.769 bits per heavy atom. The first-order chi connectivity index (χ1) is 12.5. The molecular formula is C20H17BO5. The van der Waals surface area contributed by atoms with Crippen molar-refractivity contribution in [2.24, 2.45) is 0 Å². The van der Waals surface area contributed by atoms with Gasteiger partial charge in [0.15, 0.2) is 0 Å². The molecule has 26 heavy (non-hydrogen) atoms. The van der Waals surface area contributed by atoms with E-state index in [1.807, 2.05) is 0 Å². The van der Waals surface area contributed by atoms with Crippen LogP contribution in [0.2, 0.25) is 5.82 Å². The van der Waals surface area contributed by atoms with Crippen molar-refractivity contribution < 1.29 is 23.9 Å². The van der Waals surface area contributed by atoms with Gasteiger partial charge >= 0.3 is 11.9 Å². The number of rotatable bonds is 4. The maximum Gasteiger partial charge on any atom is 0.338 e. The van der Waals surface area contributed by atoms with Crippen LogP contribution < -0.4 is 0 Å². The molecule has 0 saturated heterocycles. The lowest BCUT2D eigenvalue weighted by atomic mass is 9.70. The molecule has 0 bridgehead atoms. The highest BCUT2D eigenvalue weighted by atomic mass is 16.6. The number of ketones is 1. The second-order valence-electron chi connectivity index (χ2n) is 6.14. The first-order valence-electron chi connectivity index (χ1n) is 8.34. The van der Waals surface area contributed by atoms with Gasteiger partial charge in [0, 0.05) is 12.8 Å². The minimum atomic E-state index is -0.836. The van der Waals surface area contributed by atoms with Gasteiger partial charge in [0.1, 0.15) is 18.0 Å². The average molecular weight is 348 g/mol. The van der Waals surface area contributed by atoms with Crippen LogP contribution in [-0.2, 0) is 14.3 Å². The van der Waals surface area contributed by atoms with E-state index in [4.69, 9.17) is 17.3 Å². The van der Waals surface area contributed by atoms with E-state index in [0.717, 1.165) is 0 Å². The van der Waals surface area contributed by atoms with Gasteiger partial charge in [-0.3, -0.25) is 4.79 Å². The molecule has 0 aliphatic heterocycles. The lowest BCUT2D eigenvalue weighted by Crippen LogP contribution is -2.41. The smallest absolute Gasteiger partial charge is 0.338 e. The summed E-state index contributed by atoms with van der Waals surface area (Å²) in [5.74, 6) is -2.06. The Bertz CT molecular complexity index is 725. The SMILES string of the molecule is [B]C1[C@H](OC(=O)c2ccccc2)CC(=O)C[C@H]1OC(=O)c1ccccc1. The molecule has 0 heterocycles. The van der Waals surface area contributed by atoms with Crippen LogP contribution in [0.15, 0.2) is 60.7 Å². The van der Waals surface area contributed by atoms with E-state index in [-0.39, 0.29) is 18.6 Å². The summed E-state index contributed by atoms with van der Waals surface area (Å²) in [6, 6.07) is 16.9. The summed E-state index contributed by atoms with van der Waals surface area (Å²) >= 11 is 0. The summed E-state index contributed by atoms with van der Waals surface area (Å²) in [5.41, 5.74) is 0.742. The normalized spacial score (nSPS) is 20.4. The van der Waals surface area contributed by atoms with Crippen LogP contribution in [0.5, 0.6) is 0 Å². The fraction of sp³-hybridized carbons (Fsp3) is 0.250. The predicted octanol–water partition coefficient (Wildman–Crippen LogP) is 2.76. The molecule has 0 aromatic heterocycles. The zero-order chi connectivity index (χ0) is 18.5. The molecule has 2 aromatic rings. The van der Waals surface area contributed by atoms with E-state index in [0.29, 0.717) is 11.1 Å². The molecule has 2 atom stereocenters. The summed E-state index contributed by atoms with van der Waals surface area (Å²) in [6.07, 6.45) is -1.65. The zero-order valence-corrected chi connectivity index (χ0v) is 14.0. The first-order valence-corrected chi connectivity index (χ1v) is 8.34. The molecule has 3 rings (SSSR count). The molecule has 0 spiro atoms. The van der Waals surface area contributed by atoms with Gasteiger partial charge in [0.25, 0.3) is 0 Å². The molecule has 5 nitrogen and oxygen atoms in total. The molecule has 130 valence electrons. The molecule has 2 radical (unpaired) electrons. The summed E-state index contributed by atoms with van der Waals surface area (Å²) in [7, 11) is 6.13. The summed E-state index contributed by atoms with van der Waals surface area (Å²) < 4.78 is 10.8. The molecule has 1 fully saturated rings. The molecule has 1 aliphatic carbocycles. The lowest BCUT2D eigenvalue weighted by Gasteiger charge is -2.34. The highest BCUT2D eigenvalue weighted by Crippen LogP contribution is 2.31. The number of carbonyl (C=O) groups is 3. The van der Waals surface area contributed by atoms with Crippen LogP contribution in [0.4, 0.5) is 0 Å². The second-order valence-corrected chi connectivity index (χ2v) is 6.14. The molecular weight excluding hydrogens is 331 g/mol. The van der Waals surface area contributed by atoms with Gasteiger partial charge in [-0.1, -0.05) is 36.4 Å². The maximum absolute atomic E-state index is 12.2. The number of Topliss-reactive ketones (excluding diaryl/α,β-unsaturated/α-hetero) is 1. The van der Waals surface area contributed by atoms with Gasteiger partial charge in [-0.05, 0) is 30.1 Å². The van der Waals surface area contributed by atoms with Crippen molar-refractivity contribution in [3.8, 4) is 0 Å². The highest BCUT2D eigenvalue weighted by molar-refractivity contribution is 6.14. The second kappa shape index (κ2) is 8.00. The van der Waals surface area contributed by atoms with Gasteiger partial charge in [0.05, 0.1) is 19.0 Å². The standard InChI is InChI=1S/C20H17BO5/c21-18-16(25-19(23)13-7-3-1-4-8-13)11-15(22)12-17(18)26-20(24)14-9-5-2-6-10-14/h1-10,16-18H,11-12H2/t16-,17-/m1/s1. The molecule has 2 aromatic carbocycles. The van der Waals surface area contributed by atoms with Crippen molar-refractivity contribution >= 4 is 25.6 Å². The van der Waals surface area contributed by atoms with E-state index < -0.39 is 30.0 Å². The van der Waals surface area contributed by atoms with Crippen LogP contribution >= 0.6 is 0 Å². The van der Waals surface area contributed by atoms with E-state index >= 15 is 0 Å². The molecule has 0 N–H and O–H groups in total. The number of hydrogen-bond donors (Lipinski definition) is 0. The molecule has 1 aliphatic rings. The van der Waals surface area contributed by atoms with Crippen molar-refractivity contribution in [3.63, 3.8) is 0 Å². The largest absolute Gasteiger partial charge is 0.459 e. The number of hydrogen-bond acceptors (Lipinski definition) is 5. The third kappa shape index (κ3) is 4.20. The van der Waals surface area contributed by atoms with E-state index in [1.54, 1.807) is 60.7 Å². The van der Waals surface area contributed by atoms with Crippen molar-refractivity contribution in [2.75, 3.05) is 0 Å². The summed E-state index contributed by atoms with van der Waals surface area (Å²) in [4.78, 5) is 36.5. The Balaban J connectivity index is 1.68. The van der Waals surface area contributed by atoms with E-state index in [1.165, 1.54) is 0 Å². The fourth-order valence-electron chi connectivity index (χ4n) is 2.84. The molecule has 1 saturated carbocycles. The van der Waals surface area contributed by atoms with Gasteiger partial charge in [-0.15, -0.1) is 0 Å². The predicted molar refractivity (Wildman–Crippen MR) is 95.0 cm³/mol. The van der Waals surface area contributed by atoms with Crippen LogP contribution in [0.1, 0.15) is 33.6 Å². The van der Waals surface area contributed by atoms with Crippen LogP contribution in [0.25, 0.3) is 0 Å². The third-order valence-electron chi connectivity index (χ3n) is 4.25. The Hall–Kier alpha value is -2.89. The maximum atomic E-state index is 12.2. The third-order valence-corrected chi connectivity index (χ3v) is 4.25. The minimum Gasteiger partial charge on any atom is -0.459 e. The Kier molecular flexibility index (Phi) is 5.51. The van der Waals surface area contributed by atoms with Crippen LogP contribution in [-0.4, -0.2) is 37.8 Å². The number of carbonyl (C=O) groups excluding carboxylic acids is 3. The van der Waals surface area contributed by atoms with Gasteiger partial charge in [-0.25, -0.2) is 9.59 Å². The van der Waals surface area contributed by atoms with Crippen molar-refractivity contribution in [3.05, 3.63) is 71.8 Å². The van der Waals surface area contributed by atoms with Gasteiger partial charge in [-0.2, -0.15) is 0 Å². The van der Waals surface area contributed by atoms with E-state index in [2.05, 4.69) is 0 Å². The molecule has 6 heteroatoms. The number of ether oxygens (including phenoxy) is 2. The lowest BCUT2D eigenvalue weighted by molar-refractivity contribution is -0.127.